The van der Waals surface area contributed by atoms with Crippen molar-refractivity contribution in [2.75, 3.05) is 5.73 Å². The van der Waals surface area contributed by atoms with E-state index in [1.165, 1.54) is 11.3 Å². The second-order valence-electron chi connectivity index (χ2n) is 3.72. The van der Waals surface area contributed by atoms with Crippen LogP contribution in [-0.2, 0) is 6.42 Å². The summed E-state index contributed by atoms with van der Waals surface area (Å²) >= 11 is 11.1. The van der Waals surface area contributed by atoms with Gasteiger partial charge in [-0.2, -0.15) is 5.26 Å². The van der Waals surface area contributed by atoms with Gasteiger partial charge in [0, 0.05) is 14.9 Å². The Morgan fingerprint density at radius 1 is 1.50 bits per heavy atom. The van der Waals surface area contributed by atoms with Gasteiger partial charge in [-0.1, -0.05) is 30.7 Å². The molecule has 0 aliphatic rings. The summed E-state index contributed by atoms with van der Waals surface area (Å²) in [6.07, 6.45) is 0.780. The van der Waals surface area contributed by atoms with Crippen molar-refractivity contribution in [1.29, 1.82) is 5.26 Å². The maximum absolute atomic E-state index is 9.06. The van der Waals surface area contributed by atoms with Gasteiger partial charge in [-0.15, -0.1) is 11.3 Å². The number of thiophene rings is 1. The third kappa shape index (κ3) is 2.14. The summed E-state index contributed by atoms with van der Waals surface area (Å²) in [5, 5.41) is 9.71. The average molecular weight is 342 g/mol. The highest BCUT2D eigenvalue weighted by Gasteiger charge is 2.18. The van der Waals surface area contributed by atoms with Crippen molar-refractivity contribution in [2.45, 2.75) is 13.3 Å². The maximum atomic E-state index is 9.06. The fraction of sp³-hybridized carbons (Fsp3) is 0.154. The molecule has 1 aromatic carbocycles. The first-order valence-electron chi connectivity index (χ1n) is 5.35. The van der Waals surface area contributed by atoms with Crippen LogP contribution in [0.4, 0.5) is 5.69 Å². The molecule has 0 bridgehead atoms. The van der Waals surface area contributed by atoms with Crippen LogP contribution in [0.3, 0.4) is 0 Å². The molecule has 2 aromatic rings. The van der Waals surface area contributed by atoms with E-state index in [1.807, 2.05) is 25.1 Å². The molecule has 1 aromatic heterocycles. The van der Waals surface area contributed by atoms with Crippen molar-refractivity contribution in [2.24, 2.45) is 0 Å². The van der Waals surface area contributed by atoms with Crippen molar-refractivity contribution in [1.82, 2.24) is 0 Å². The molecule has 5 heteroatoms. The van der Waals surface area contributed by atoms with Gasteiger partial charge in [0.15, 0.2) is 0 Å². The van der Waals surface area contributed by atoms with Gasteiger partial charge in [0.2, 0.25) is 0 Å². The van der Waals surface area contributed by atoms with E-state index in [9.17, 15) is 0 Å². The molecule has 0 aliphatic heterocycles. The topological polar surface area (TPSA) is 49.8 Å². The molecule has 0 unspecified atom stereocenters. The largest absolute Gasteiger partial charge is 0.397 e. The van der Waals surface area contributed by atoms with Crippen molar-refractivity contribution in [3.63, 3.8) is 0 Å². The van der Waals surface area contributed by atoms with Crippen molar-refractivity contribution in [3.8, 4) is 16.5 Å². The van der Waals surface area contributed by atoms with E-state index in [0.717, 1.165) is 26.9 Å². The highest BCUT2D eigenvalue weighted by atomic mass is 79.9. The van der Waals surface area contributed by atoms with Crippen molar-refractivity contribution in [3.05, 3.63) is 38.1 Å². The zero-order valence-electron chi connectivity index (χ0n) is 9.63. The number of nitriles is 1. The van der Waals surface area contributed by atoms with Crippen LogP contribution >= 0.6 is 38.9 Å². The summed E-state index contributed by atoms with van der Waals surface area (Å²) in [6, 6.07) is 7.89. The highest BCUT2D eigenvalue weighted by Crippen LogP contribution is 2.43. The smallest absolute Gasteiger partial charge is 0.128 e. The lowest BCUT2D eigenvalue weighted by Crippen LogP contribution is -1.91. The Kier molecular flexibility index (Phi) is 3.96. The highest BCUT2D eigenvalue weighted by molar-refractivity contribution is 9.10. The predicted molar refractivity (Wildman–Crippen MR) is 81.0 cm³/mol. The number of halogens is 2. The van der Waals surface area contributed by atoms with Crippen LogP contribution in [-0.4, -0.2) is 0 Å². The molecule has 0 atom stereocenters. The molecule has 2 N–H and O–H groups in total. The Hall–Kier alpha value is -1.02. The summed E-state index contributed by atoms with van der Waals surface area (Å²) in [5.41, 5.74) is 8.48. The first kappa shape index (κ1) is 13.4. The van der Waals surface area contributed by atoms with Crippen LogP contribution in [0.5, 0.6) is 0 Å². The Bertz CT molecular complexity index is 643. The molecular weight excluding hydrogens is 332 g/mol. The fourth-order valence-corrected chi connectivity index (χ4v) is 3.59. The summed E-state index contributed by atoms with van der Waals surface area (Å²) in [5.74, 6) is 0. The van der Waals surface area contributed by atoms with Gasteiger partial charge in [-0.05, 0) is 34.0 Å². The van der Waals surface area contributed by atoms with Crippen LogP contribution in [0.1, 0.15) is 17.4 Å². The molecule has 0 fully saturated rings. The number of nitrogens with zero attached hydrogens (tertiary/aromatic N) is 1. The standard InChI is InChI=1S/C13H10BrClN2S/c1-2-7-12(17)10(6-16)18-13(7)8-4-3-5-9(14)11(8)15/h3-5H,2,17H2,1H3. The van der Waals surface area contributed by atoms with E-state index in [1.54, 1.807) is 0 Å². The third-order valence-electron chi connectivity index (χ3n) is 2.70. The zero-order valence-corrected chi connectivity index (χ0v) is 12.8. The molecule has 92 valence electrons. The Morgan fingerprint density at radius 2 is 2.22 bits per heavy atom. The molecule has 2 nitrogen and oxygen atoms in total. The molecule has 18 heavy (non-hydrogen) atoms. The van der Waals surface area contributed by atoms with Crippen LogP contribution in [0.25, 0.3) is 10.4 Å². The van der Waals surface area contributed by atoms with Crippen LogP contribution in [0, 0.1) is 11.3 Å². The SMILES string of the molecule is CCc1c(-c2cccc(Br)c2Cl)sc(C#N)c1N. The number of hydrogen-bond donors (Lipinski definition) is 1. The van der Waals surface area contributed by atoms with E-state index in [0.29, 0.717) is 15.6 Å². The predicted octanol–water partition coefficient (Wildman–Crippen LogP) is 4.85. The van der Waals surface area contributed by atoms with E-state index in [2.05, 4.69) is 22.0 Å². The van der Waals surface area contributed by atoms with Crippen molar-refractivity contribution < 1.29 is 0 Å². The van der Waals surface area contributed by atoms with E-state index < -0.39 is 0 Å². The second-order valence-corrected chi connectivity index (χ2v) is 5.97. The molecule has 0 aliphatic carbocycles. The van der Waals surface area contributed by atoms with Gasteiger partial charge in [0.1, 0.15) is 10.9 Å². The number of nitrogens with two attached hydrogens (primary N) is 1. The van der Waals surface area contributed by atoms with Gasteiger partial charge >= 0.3 is 0 Å². The molecule has 0 saturated carbocycles. The zero-order chi connectivity index (χ0) is 13.3. The van der Waals surface area contributed by atoms with Crippen LogP contribution in [0.2, 0.25) is 5.02 Å². The summed E-state index contributed by atoms with van der Waals surface area (Å²) in [4.78, 5) is 1.54. The van der Waals surface area contributed by atoms with E-state index >= 15 is 0 Å². The number of nitrogen functional groups attached to an aromatic ring is 1. The minimum absolute atomic E-state index is 0.554. The lowest BCUT2D eigenvalue weighted by Gasteiger charge is -2.06. The third-order valence-corrected chi connectivity index (χ3v) is 5.18. The number of anilines is 1. The number of benzene rings is 1. The van der Waals surface area contributed by atoms with Crippen molar-refractivity contribution >= 4 is 44.6 Å². The first-order chi connectivity index (χ1) is 8.60. The Balaban J connectivity index is 2.72. The van der Waals surface area contributed by atoms with E-state index in [-0.39, 0.29) is 0 Å². The van der Waals surface area contributed by atoms with Gasteiger partial charge in [0.25, 0.3) is 0 Å². The lowest BCUT2D eigenvalue weighted by atomic mass is 10.1. The molecule has 0 radical (unpaired) electrons. The van der Waals surface area contributed by atoms with Gasteiger partial charge in [0.05, 0.1) is 10.7 Å². The molecule has 0 saturated heterocycles. The normalized spacial score (nSPS) is 10.3. The fourth-order valence-electron chi connectivity index (χ4n) is 1.81. The monoisotopic (exact) mass is 340 g/mol. The quantitative estimate of drug-likeness (QED) is 0.849. The summed E-state index contributed by atoms with van der Waals surface area (Å²) < 4.78 is 0.842. The first-order valence-corrected chi connectivity index (χ1v) is 7.34. The van der Waals surface area contributed by atoms with Gasteiger partial charge in [-0.3, -0.25) is 0 Å². The number of rotatable bonds is 2. The summed E-state index contributed by atoms with van der Waals surface area (Å²) in [7, 11) is 0. The summed E-state index contributed by atoms with van der Waals surface area (Å²) in [6.45, 7) is 2.02. The molecule has 1 heterocycles. The second kappa shape index (κ2) is 5.31. The Labute approximate surface area is 123 Å². The van der Waals surface area contributed by atoms with Gasteiger partial charge in [-0.25, -0.2) is 0 Å². The molecule has 2 rings (SSSR count). The maximum Gasteiger partial charge on any atom is 0.128 e. The number of hydrogen-bond acceptors (Lipinski definition) is 3. The van der Waals surface area contributed by atoms with Gasteiger partial charge < -0.3 is 5.73 Å². The van der Waals surface area contributed by atoms with E-state index in [4.69, 9.17) is 22.6 Å². The molecule has 0 spiro atoms. The Morgan fingerprint density at radius 3 is 2.83 bits per heavy atom. The minimum atomic E-state index is 0.554. The minimum Gasteiger partial charge on any atom is -0.397 e. The van der Waals surface area contributed by atoms with Crippen LogP contribution < -0.4 is 5.73 Å². The molecule has 0 amide bonds. The molecular formula is C13H10BrClN2S. The van der Waals surface area contributed by atoms with Crippen LogP contribution in [0.15, 0.2) is 22.7 Å². The average Bonchev–Trinajstić information content (AvgIpc) is 2.69. The lowest BCUT2D eigenvalue weighted by molar-refractivity contribution is 1.16.